The van der Waals surface area contributed by atoms with E-state index in [0.29, 0.717) is 43.3 Å². The van der Waals surface area contributed by atoms with Gasteiger partial charge in [0.05, 0.1) is 30.2 Å². The molecule has 34 heavy (non-hydrogen) atoms. The number of benzene rings is 3. The highest BCUT2D eigenvalue weighted by atomic mass is 19.4. The van der Waals surface area contributed by atoms with Gasteiger partial charge >= 0.3 is 6.18 Å². The Hall–Kier alpha value is -3.72. The number of carbonyl (C=O) groups is 1. The lowest BCUT2D eigenvalue weighted by atomic mass is 10.1. The molecule has 0 unspecified atom stereocenters. The quantitative estimate of drug-likeness (QED) is 0.420. The maximum absolute atomic E-state index is 13.3. The average Bonchev–Trinajstić information content (AvgIpc) is 3.21. The van der Waals surface area contributed by atoms with Gasteiger partial charge in [0.1, 0.15) is 16.9 Å². The molecule has 1 aliphatic heterocycles. The first-order valence-electron chi connectivity index (χ1n) is 10.8. The fourth-order valence-electron chi connectivity index (χ4n) is 4.02. The molecule has 1 fully saturated rings. The molecule has 1 aromatic heterocycles. The van der Waals surface area contributed by atoms with E-state index in [1.807, 2.05) is 29.2 Å². The molecular weight excluding hydrogens is 449 g/mol. The zero-order chi connectivity index (χ0) is 23.7. The summed E-state index contributed by atoms with van der Waals surface area (Å²) in [5.41, 5.74) is 1.19. The van der Waals surface area contributed by atoms with E-state index in [1.54, 1.807) is 18.2 Å². The van der Waals surface area contributed by atoms with Crippen LogP contribution in [0.25, 0.3) is 21.9 Å². The van der Waals surface area contributed by atoms with Gasteiger partial charge in [0.15, 0.2) is 6.61 Å². The largest absolute Gasteiger partial charge is 0.484 e. The predicted molar refractivity (Wildman–Crippen MR) is 122 cm³/mol. The Morgan fingerprint density at radius 2 is 1.74 bits per heavy atom. The van der Waals surface area contributed by atoms with Crippen molar-refractivity contribution in [2.24, 2.45) is 0 Å². The average molecular weight is 470 g/mol. The Morgan fingerprint density at radius 3 is 2.53 bits per heavy atom. The third-order valence-electron chi connectivity index (χ3n) is 5.67. The summed E-state index contributed by atoms with van der Waals surface area (Å²) in [5.74, 6) is -0.113. The number of nitrogens with zero attached hydrogens (tertiary/aromatic N) is 1. The van der Waals surface area contributed by atoms with E-state index >= 15 is 0 Å². The van der Waals surface area contributed by atoms with E-state index in [4.69, 9.17) is 13.9 Å². The Balaban J connectivity index is 1.34. The number of carbonyl (C=O) groups excluding carboxylic acids is 1. The van der Waals surface area contributed by atoms with Gasteiger partial charge in [-0.25, -0.2) is 0 Å². The standard InChI is InChI=1S/C25H21F3N2O4/c26-25(27,28)16-5-7-21(30-9-11-32-12-10-30)20(13-16)29-24(31)15-33-17-6-8-23-19(14-17)18-3-1-2-4-22(18)34-23/h1-8,13-14H,9-12,15H2,(H,29,31). The summed E-state index contributed by atoms with van der Waals surface area (Å²) in [5, 5.41) is 4.36. The van der Waals surface area contributed by atoms with Crippen molar-refractivity contribution in [2.45, 2.75) is 6.18 Å². The van der Waals surface area contributed by atoms with Gasteiger partial charge in [0.25, 0.3) is 5.91 Å². The molecular formula is C25H21F3N2O4. The fourth-order valence-corrected chi connectivity index (χ4v) is 4.02. The summed E-state index contributed by atoms with van der Waals surface area (Å²) < 4.78 is 56.6. The highest BCUT2D eigenvalue weighted by molar-refractivity contribution is 6.05. The van der Waals surface area contributed by atoms with Crippen molar-refractivity contribution in [2.75, 3.05) is 43.1 Å². The highest BCUT2D eigenvalue weighted by Crippen LogP contribution is 2.36. The molecule has 6 nitrogen and oxygen atoms in total. The minimum absolute atomic E-state index is 0.0848. The smallest absolute Gasteiger partial charge is 0.416 e. The number of rotatable bonds is 5. The molecule has 2 heterocycles. The summed E-state index contributed by atoms with van der Waals surface area (Å²) in [7, 11) is 0. The van der Waals surface area contributed by atoms with E-state index in [2.05, 4.69) is 5.32 Å². The van der Waals surface area contributed by atoms with Gasteiger partial charge in [0, 0.05) is 23.9 Å². The summed E-state index contributed by atoms with van der Waals surface area (Å²) in [4.78, 5) is 14.5. The number of amides is 1. The molecule has 0 saturated carbocycles. The molecule has 3 aromatic carbocycles. The van der Waals surface area contributed by atoms with E-state index in [1.165, 1.54) is 6.07 Å². The third-order valence-corrected chi connectivity index (χ3v) is 5.67. The number of nitrogens with one attached hydrogen (secondary N) is 1. The first kappa shape index (κ1) is 22.1. The van der Waals surface area contributed by atoms with E-state index in [9.17, 15) is 18.0 Å². The van der Waals surface area contributed by atoms with Crippen LogP contribution < -0.4 is 15.0 Å². The van der Waals surface area contributed by atoms with Gasteiger partial charge in [-0.1, -0.05) is 18.2 Å². The third kappa shape index (κ3) is 4.51. The number of fused-ring (bicyclic) bond motifs is 3. The molecule has 9 heteroatoms. The van der Waals surface area contributed by atoms with Crippen LogP contribution in [0.15, 0.2) is 65.1 Å². The van der Waals surface area contributed by atoms with Gasteiger partial charge in [-0.3, -0.25) is 4.79 Å². The Morgan fingerprint density at radius 1 is 0.971 bits per heavy atom. The normalized spacial score (nSPS) is 14.5. The van der Waals surface area contributed by atoms with Crippen molar-refractivity contribution in [3.05, 3.63) is 66.2 Å². The number of furan rings is 1. The van der Waals surface area contributed by atoms with Gasteiger partial charge < -0.3 is 24.1 Å². The lowest BCUT2D eigenvalue weighted by Crippen LogP contribution is -2.37. The number of anilines is 2. The second kappa shape index (κ2) is 8.90. The minimum Gasteiger partial charge on any atom is -0.484 e. The monoisotopic (exact) mass is 470 g/mol. The molecule has 1 amide bonds. The molecule has 0 radical (unpaired) electrons. The number of hydrogen-bond donors (Lipinski definition) is 1. The second-order valence-electron chi connectivity index (χ2n) is 7.92. The number of para-hydroxylation sites is 1. The van der Waals surface area contributed by atoms with Crippen molar-refractivity contribution in [1.29, 1.82) is 0 Å². The highest BCUT2D eigenvalue weighted by Gasteiger charge is 2.32. The molecule has 1 saturated heterocycles. The second-order valence-corrected chi connectivity index (χ2v) is 7.92. The molecule has 0 aliphatic carbocycles. The fraction of sp³-hybridized carbons (Fsp3) is 0.240. The summed E-state index contributed by atoms with van der Waals surface area (Å²) in [6.07, 6.45) is -4.53. The van der Waals surface area contributed by atoms with Crippen LogP contribution in [0, 0.1) is 0 Å². The predicted octanol–water partition coefficient (Wildman–Crippen LogP) is 5.46. The molecule has 0 bridgehead atoms. The van der Waals surface area contributed by atoms with E-state index in [0.717, 1.165) is 28.5 Å². The zero-order valence-electron chi connectivity index (χ0n) is 18.0. The zero-order valence-corrected chi connectivity index (χ0v) is 18.0. The first-order chi connectivity index (χ1) is 16.4. The Bertz CT molecular complexity index is 1340. The van der Waals surface area contributed by atoms with Crippen LogP contribution in [0.3, 0.4) is 0 Å². The lowest BCUT2D eigenvalue weighted by Gasteiger charge is -2.31. The van der Waals surface area contributed by atoms with Crippen LogP contribution in [0.1, 0.15) is 5.56 Å². The molecule has 1 N–H and O–H groups in total. The van der Waals surface area contributed by atoms with Gasteiger partial charge in [-0.15, -0.1) is 0 Å². The number of halogens is 3. The van der Waals surface area contributed by atoms with Gasteiger partial charge in [0.2, 0.25) is 0 Å². The number of hydrogen-bond acceptors (Lipinski definition) is 5. The molecule has 176 valence electrons. The van der Waals surface area contributed by atoms with Crippen molar-refractivity contribution < 1.29 is 31.9 Å². The van der Waals surface area contributed by atoms with Crippen molar-refractivity contribution in [1.82, 2.24) is 0 Å². The Kier molecular flexibility index (Phi) is 5.79. The molecule has 0 spiro atoms. The van der Waals surface area contributed by atoms with Crippen LogP contribution in [0.2, 0.25) is 0 Å². The van der Waals surface area contributed by atoms with Gasteiger partial charge in [-0.2, -0.15) is 13.2 Å². The van der Waals surface area contributed by atoms with Crippen LogP contribution in [-0.4, -0.2) is 38.8 Å². The van der Waals surface area contributed by atoms with E-state index in [-0.39, 0.29) is 12.3 Å². The maximum atomic E-state index is 13.3. The van der Waals surface area contributed by atoms with Crippen LogP contribution >= 0.6 is 0 Å². The maximum Gasteiger partial charge on any atom is 0.416 e. The number of morpholine rings is 1. The van der Waals surface area contributed by atoms with Crippen molar-refractivity contribution in [3.8, 4) is 5.75 Å². The van der Waals surface area contributed by atoms with E-state index < -0.39 is 17.6 Å². The molecule has 4 aromatic rings. The lowest BCUT2D eigenvalue weighted by molar-refractivity contribution is -0.137. The van der Waals surface area contributed by atoms with Crippen molar-refractivity contribution >= 4 is 39.2 Å². The van der Waals surface area contributed by atoms with Crippen LogP contribution in [0.5, 0.6) is 5.75 Å². The molecule has 1 aliphatic rings. The summed E-state index contributed by atoms with van der Waals surface area (Å²) in [6, 6.07) is 16.1. The topological polar surface area (TPSA) is 63.9 Å². The van der Waals surface area contributed by atoms with Gasteiger partial charge in [-0.05, 0) is 42.5 Å². The molecule has 5 rings (SSSR count). The SMILES string of the molecule is O=C(COc1ccc2oc3ccccc3c2c1)Nc1cc(C(F)(F)F)ccc1N1CCOCC1. The molecule has 0 atom stereocenters. The minimum atomic E-state index is -4.53. The van der Waals surface area contributed by atoms with Crippen LogP contribution in [0.4, 0.5) is 24.5 Å². The van der Waals surface area contributed by atoms with Crippen molar-refractivity contribution in [3.63, 3.8) is 0 Å². The van der Waals surface area contributed by atoms with Crippen LogP contribution in [-0.2, 0) is 15.7 Å². The number of ether oxygens (including phenoxy) is 2. The number of alkyl halides is 3. The first-order valence-corrected chi connectivity index (χ1v) is 10.8. The summed E-state index contributed by atoms with van der Waals surface area (Å²) in [6.45, 7) is 1.60. The Labute approximate surface area is 192 Å². The summed E-state index contributed by atoms with van der Waals surface area (Å²) >= 11 is 0.